The Morgan fingerprint density at radius 3 is 2.24 bits per heavy atom. The number of rotatable bonds is 6. The van der Waals surface area contributed by atoms with Crippen LogP contribution >= 0.6 is 15.9 Å². The Kier molecular flexibility index (Phi) is 5.91. The maximum atomic E-state index is 13.6. The number of ether oxygens (including phenoxy) is 1. The summed E-state index contributed by atoms with van der Waals surface area (Å²) < 4.78 is 6.56. The summed E-state index contributed by atoms with van der Waals surface area (Å²) in [6.45, 7) is 2.65. The van der Waals surface area contributed by atoms with Crippen LogP contribution in [-0.2, 0) is 14.4 Å². The highest BCUT2D eigenvalue weighted by Gasteiger charge is 2.60. The number of hydrogen-bond donors (Lipinski definition) is 0. The minimum absolute atomic E-state index is 0.265. The molecule has 0 aliphatic carbocycles. The molecule has 0 saturated carbocycles. The first-order chi connectivity index (χ1) is 16.1. The Morgan fingerprint density at radius 2 is 1.58 bits per heavy atom. The Labute approximate surface area is 200 Å². The zero-order valence-corrected chi connectivity index (χ0v) is 19.6. The highest BCUT2D eigenvalue weighted by molar-refractivity contribution is 9.10. The van der Waals surface area contributed by atoms with Crippen LogP contribution in [0.4, 0.5) is 11.4 Å². The SMILES string of the molecule is CCCOc1ccc(N2C(=O)[C@H]3[C@@H](ON(c4ccccc4)[C@H]3c3ccc(Br)cc3)C2=O)cc1. The topological polar surface area (TPSA) is 59.1 Å². The summed E-state index contributed by atoms with van der Waals surface area (Å²) >= 11 is 3.47. The van der Waals surface area contributed by atoms with E-state index in [-0.39, 0.29) is 11.8 Å². The fourth-order valence-corrected chi connectivity index (χ4v) is 4.64. The van der Waals surface area contributed by atoms with Gasteiger partial charge in [-0.1, -0.05) is 53.2 Å². The molecule has 2 heterocycles. The quantitative estimate of drug-likeness (QED) is 0.425. The van der Waals surface area contributed by atoms with Crippen LogP contribution in [0, 0.1) is 5.92 Å². The molecule has 2 aliphatic heterocycles. The molecule has 3 atom stereocenters. The van der Waals surface area contributed by atoms with E-state index in [2.05, 4.69) is 15.9 Å². The first-order valence-corrected chi connectivity index (χ1v) is 11.7. The number of carbonyl (C=O) groups is 2. The third kappa shape index (κ3) is 3.92. The summed E-state index contributed by atoms with van der Waals surface area (Å²) in [4.78, 5) is 34.4. The highest BCUT2D eigenvalue weighted by atomic mass is 79.9. The number of benzene rings is 3. The second kappa shape index (κ2) is 9.00. The molecule has 2 saturated heterocycles. The number of anilines is 2. The summed E-state index contributed by atoms with van der Waals surface area (Å²) in [6.07, 6.45) is 0.0170. The lowest BCUT2D eigenvalue weighted by atomic mass is 9.90. The van der Waals surface area contributed by atoms with Gasteiger partial charge in [0.25, 0.3) is 5.91 Å². The van der Waals surface area contributed by atoms with Crippen LogP contribution in [0.3, 0.4) is 0 Å². The first kappa shape index (κ1) is 21.7. The number of para-hydroxylation sites is 1. The molecule has 0 N–H and O–H groups in total. The molecular weight excluding hydrogens is 484 g/mol. The van der Waals surface area contributed by atoms with Crippen LogP contribution in [0.2, 0.25) is 0 Å². The number of amides is 2. The van der Waals surface area contributed by atoms with Crippen molar-refractivity contribution in [3.63, 3.8) is 0 Å². The van der Waals surface area contributed by atoms with Gasteiger partial charge in [0.2, 0.25) is 5.91 Å². The lowest BCUT2D eigenvalue weighted by molar-refractivity contribution is -0.126. The first-order valence-electron chi connectivity index (χ1n) is 11.0. The van der Waals surface area contributed by atoms with Crippen molar-refractivity contribution in [1.29, 1.82) is 0 Å². The molecular formula is C26H23BrN2O4. The lowest BCUT2D eigenvalue weighted by Crippen LogP contribution is -2.37. The van der Waals surface area contributed by atoms with Gasteiger partial charge in [-0.2, -0.15) is 0 Å². The van der Waals surface area contributed by atoms with E-state index in [0.717, 1.165) is 22.1 Å². The molecule has 0 unspecified atom stereocenters. The van der Waals surface area contributed by atoms with Gasteiger partial charge in [-0.25, -0.2) is 9.96 Å². The third-order valence-corrected chi connectivity index (χ3v) is 6.43. The standard InChI is InChI=1S/C26H23BrN2O4/c1-2-16-32-21-14-12-19(13-15-21)28-25(30)22-23(17-8-10-18(27)11-9-17)29(33-24(22)26(28)31)20-6-4-3-5-7-20/h3-15,22-24H,2,16H2,1H3/t22-,23+,24-/m1/s1. The molecule has 5 rings (SSSR count). The van der Waals surface area contributed by atoms with E-state index < -0.39 is 18.1 Å². The van der Waals surface area contributed by atoms with Crippen molar-refractivity contribution < 1.29 is 19.2 Å². The number of halogens is 1. The average molecular weight is 507 g/mol. The number of fused-ring (bicyclic) bond motifs is 1. The highest BCUT2D eigenvalue weighted by Crippen LogP contribution is 2.47. The molecule has 2 aliphatic rings. The molecule has 0 aromatic heterocycles. The van der Waals surface area contributed by atoms with Gasteiger partial charge in [0.15, 0.2) is 6.10 Å². The van der Waals surface area contributed by atoms with Crippen molar-refractivity contribution in [2.24, 2.45) is 5.92 Å². The number of carbonyl (C=O) groups excluding carboxylic acids is 2. The van der Waals surface area contributed by atoms with Crippen LogP contribution in [0.1, 0.15) is 24.9 Å². The van der Waals surface area contributed by atoms with Gasteiger partial charge in [-0.3, -0.25) is 14.4 Å². The van der Waals surface area contributed by atoms with E-state index in [1.54, 1.807) is 29.3 Å². The van der Waals surface area contributed by atoms with Gasteiger partial charge in [-0.15, -0.1) is 0 Å². The molecule has 168 valence electrons. The van der Waals surface area contributed by atoms with Gasteiger partial charge < -0.3 is 4.74 Å². The molecule has 3 aromatic rings. The maximum absolute atomic E-state index is 13.6. The number of imide groups is 1. The van der Waals surface area contributed by atoms with Crippen molar-refractivity contribution in [3.05, 3.63) is 88.9 Å². The van der Waals surface area contributed by atoms with Gasteiger partial charge >= 0.3 is 0 Å². The zero-order chi connectivity index (χ0) is 22.9. The number of hydroxylamine groups is 1. The Bertz CT molecular complexity index is 1150. The normalized spacial score (nSPS) is 22.1. The van der Waals surface area contributed by atoms with E-state index >= 15 is 0 Å². The van der Waals surface area contributed by atoms with Crippen LogP contribution < -0.4 is 14.7 Å². The second-order valence-corrected chi connectivity index (χ2v) is 8.98. The predicted molar refractivity (Wildman–Crippen MR) is 129 cm³/mol. The van der Waals surface area contributed by atoms with Gasteiger partial charge in [0.1, 0.15) is 11.7 Å². The van der Waals surface area contributed by atoms with E-state index in [1.165, 1.54) is 4.90 Å². The van der Waals surface area contributed by atoms with E-state index in [0.29, 0.717) is 18.0 Å². The summed E-state index contributed by atoms with van der Waals surface area (Å²) in [5.74, 6) is -0.569. The predicted octanol–water partition coefficient (Wildman–Crippen LogP) is 5.29. The average Bonchev–Trinajstić information content (AvgIpc) is 3.35. The molecule has 0 spiro atoms. The second-order valence-electron chi connectivity index (χ2n) is 8.06. The fourth-order valence-electron chi connectivity index (χ4n) is 4.38. The molecule has 2 amide bonds. The third-order valence-electron chi connectivity index (χ3n) is 5.91. The smallest absolute Gasteiger partial charge is 0.266 e. The van der Waals surface area contributed by atoms with E-state index in [1.807, 2.05) is 61.5 Å². The van der Waals surface area contributed by atoms with Crippen molar-refractivity contribution >= 4 is 39.1 Å². The summed E-state index contributed by atoms with van der Waals surface area (Å²) in [5.41, 5.74) is 2.22. The van der Waals surface area contributed by atoms with Crippen molar-refractivity contribution in [2.45, 2.75) is 25.5 Å². The minimum Gasteiger partial charge on any atom is -0.494 e. The number of hydrogen-bond acceptors (Lipinski definition) is 5. The van der Waals surface area contributed by atoms with E-state index in [4.69, 9.17) is 9.57 Å². The maximum Gasteiger partial charge on any atom is 0.266 e. The monoisotopic (exact) mass is 506 g/mol. The molecule has 7 heteroatoms. The summed E-state index contributed by atoms with van der Waals surface area (Å²) in [6, 6.07) is 23.9. The van der Waals surface area contributed by atoms with E-state index in [9.17, 15) is 9.59 Å². The Morgan fingerprint density at radius 1 is 0.879 bits per heavy atom. The summed E-state index contributed by atoms with van der Waals surface area (Å²) in [7, 11) is 0. The van der Waals surface area contributed by atoms with Gasteiger partial charge in [0.05, 0.1) is 24.0 Å². The largest absolute Gasteiger partial charge is 0.494 e. The molecule has 6 nitrogen and oxygen atoms in total. The number of nitrogens with zero attached hydrogens (tertiary/aromatic N) is 2. The minimum atomic E-state index is -0.887. The van der Waals surface area contributed by atoms with Crippen LogP contribution in [0.25, 0.3) is 0 Å². The Hall–Kier alpha value is -3.16. The molecule has 0 bridgehead atoms. The molecule has 33 heavy (non-hydrogen) atoms. The zero-order valence-electron chi connectivity index (χ0n) is 18.1. The van der Waals surface area contributed by atoms with Crippen LogP contribution in [0.5, 0.6) is 5.75 Å². The summed E-state index contributed by atoms with van der Waals surface area (Å²) in [5, 5.41) is 1.70. The Balaban J connectivity index is 1.49. The lowest BCUT2D eigenvalue weighted by Gasteiger charge is -2.28. The van der Waals surface area contributed by atoms with Crippen molar-refractivity contribution in [3.8, 4) is 5.75 Å². The van der Waals surface area contributed by atoms with Crippen molar-refractivity contribution in [1.82, 2.24) is 0 Å². The molecule has 0 radical (unpaired) electrons. The molecule has 3 aromatic carbocycles. The van der Waals surface area contributed by atoms with Gasteiger partial charge in [0, 0.05) is 4.47 Å². The van der Waals surface area contributed by atoms with Crippen molar-refractivity contribution in [2.75, 3.05) is 16.6 Å². The van der Waals surface area contributed by atoms with Crippen LogP contribution in [0.15, 0.2) is 83.3 Å². The van der Waals surface area contributed by atoms with Crippen LogP contribution in [-0.4, -0.2) is 24.5 Å². The van der Waals surface area contributed by atoms with Gasteiger partial charge in [-0.05, 0) is 60.5 Å². The fraction of sp³-hybridized carbons (Fsp3) is 0.231. The molecule has 2 fully saturated rings.